The highest BCUT2D eigenvalue weighted by atomic mass is 15.4. The van der Waals surface area contributed by atoms with E-state index in [1.165, 1.54) is 25.9 Å². The molecule has 0 bridgehead atoms. The second kappa shape index (κ2) is 4.84. The summed E-state index contributed by atoms with van der Waals surface area (Å²) in [6.45, 7) is 8.18. The highest BCUT2D eigenvalue weighted by Gasteiger charge is 2.43. The molecule has 1 aromatic rings. The van der Waals surface area contributed by atoms with Crippen molar-refractivity contribution in [2.24, 2.45) is 5.92 Å². The van der Waals surface area contributed by atoms with E-state index < -0.39 is 0 Å². The van der Waals surface area contributed by atoms with Crippen molar-refractivity contribution in [1.29, 1.82) is 0 Å². The summed E-state index contributed by atoms with van der Waals surface area (Å²) in [6, 6.07) is 3.24. The predicted molar refractivity (Wildman–Crippen MR) is 72.6 cm³/mol. The summed E-state index contributed by atoms with van der Waals surface area (Å²) in [5.41, 5.74) is 0. The van der Waals surface area contributed by atoms with Gasteiger partial charge in [-0.05, 0) is 24.8 Å². The van der Waals surface area contributed by atoms with Gasteiger partial charge in [0.2, 0.25) is 5.95 Å². The second-order valence-electron chi connectivity index (χ2n) is 5.84. The van der Waals surface area contributed by atoms with E-state index >= 15 is 0 Å². The molecule has 18 heavy (non-hydrogen) atoms. The Morgan fingerprint density at radius 2 is 1.89 bits per heavy atom. The summed E-state index contributed by atoms with van der Waals surface area (Å²) in [5, 5.41) is 0. The van der Waals surface area contributed by atoms with Crippen LogP contribution in [0.2, 0.25) is 0 Å². The molecular formula is C14H22N4. The summed E-state index contributed by atoms with van der Waals surface area (Å²) < 4.78 is 0. The van der Waals surface area contributed by atoms with Gasteiger partial charge in [0, 0.05) is 44.1 Å². The lowest BCUT2D eigenvalue weighted by atomic mass is 10.1. The van der Waals surface area contributed by atoms with Crippen molar-refractivity contribution in [3.8, 4) is 0 Å². The van der Waals surface area contributed by atoms with Gasteiger partial charge in [0.05, 0.1) is 0 Å². The SMILES string of the molecule is CC(C)CN1CC[C@H]2[C@@H]1CCN2c1ncccn1. The number of hydrogen-bond acceptors (Lipinski definition) is 4. The van der Waals surface area contributed by atoms with Crippen molar-refractivity contribution < 1.29 is 0 Å². The Morgan fingerprint density at radius 3 is 2.61 bits per heavy atom. The van der Waals surface area contributed by atoms with Gasteiger partial charge >= 0.3 is 0 Å². The zero-order valence-corrected chi connectivity index (χ0v) is 11.3. The molecule has 2 aliphatic rings. The first-order valence-corrected chi connectivity index (χ1v) is 7.03. The van der Waals surface area contributed by atoms with Crippen molar-refractivity contribution in [3.63, 3.8) is 0 Å². The molecule has 4 heteroatoms. The third-order valence-corrected chi connectivity index (χ3v) is 4.10. The number of rotatable bonds is 3. The number of hydrogen-bond donors (Lipinski definition) is 0. The Bertz CT molecular complexity index is 392. The molecule has 0 unspecified atom stereocenters. The van der Waals surface area contributed by atoms with E-state index in [-0.39, 0.29) is 0 Å². The van der Waals surface area contributed by atoms with Crippen LogP contribution in [-0.2, 0) is 0 Å². The lowest BCUT2D eigenvalue weighted by molar-refractivity contribution is 0.227. The Balaban J connectivity index is 1.72. The van der Waals surface area contributed by atoms with Crippen molar-refractivity contribution in [1.82, 2.24) is 14.9 Å². The van der Waals surface area contributed by atoms with Crippen LogP contribution in [0, 0.1) is 5.92 Å². The second-order valence-corrected chi connectivity index (χ2v) is 5.84. The molecular weight excluding hydrogens is 224 g/mol. The summed E-state index contributed by atoms with van der Waals surface area (Å²) in [7, 11) is 0. The van der Waals surface area contributed by atoms with E-state index in [0.717, 1.165) is 24.5 Å². The van der Waals surface area contributed by atoms with Gasteiger partial charge in [0.15, 0.2) is 0 Å². The van der Waals surface area contributed by atoms with Crippen LogP contribution in [0.1, 0.15) is 26.7 Å². The molecule has 0 amide bonds. The first-order chi connectivity index (χ1) is 8.75. The number of aromatic nitrogens is 2. The predicted octanol–water partition coefficient (Wildman–Crippen LogP) is 1.79. The zero-order chi connectivity index (χ0) is 12.5. The highest BCUT2D eigenvalue weighted by Crippen LogP contribution is 2.33. The van der Waals surface area contributed by atoms with Crippen molar-refractivity contribution >= 4 is 5.95 Å². The molecule has 3 heterocycles. The Kier molecular flexibility index (Phi) is 3.20. The van der Waals surface area contributed by atoms with Gasteiger partial charge in [0.25, 0.3) is 0 Å². The van der Waals surface area contributed by atoms with Gasteiger partial charge in [0.1, 0.15) is 0 Å². The van der Waals surface area contributed by atoms with Gasteiger partial charge in [-0.25, -0.2) is 9.97 Å². The van der Waals surface area contributed by atoms with E-state index in [4.69, 9.17) is 0 Å². The molecule has 3 rings (SSSR count). The van der Waals surface area contributed by atoms with Crippen molar-refractivity contribution in [2.45, 2.75) is 38.8 Å². The van der Waals surface area contributed by atoms with Crippen LogP contribution in [0.4, 0.5) is 5.95 Å². The molecule has 0 N–H and O–H groups in total. The number of fused-ring (bicyclic) bond motifs is 1. The van der Waals surface area contributed by atoms with Crippen LogP contribution in [0.25, 0.3) is 0 Å². The molecule has 98 valence electrons. The number of anilines is 1. The lowest BCUT2D eigenvalue weighted by Crippen LogP contribution is -2.38. The van der Waals surface area contributed by atoms with Gasteiger partial charge in [-0.1, -0.05) is 13.8 Å². The Labute approximate surface area is 109 Å². The van der Waals surface area contributed by atoms with Crippen LogP contribution in [-0.4, -0.2) is 46.6 Å². The van der Waals surface area contributed by atoms with Crippen LogP contribution < -0.4 is 4.90 Å². The van der Waals surface area contributed by atoms with E-state index in [2.05, 4.69) is 33.6 Å². The van der Waals surface area contributed by atoms with Gasteiger partial charge in [-0.3, -0.25) is 4.90 Å². The molecule has 0 spiro atoms. The molecule has 2 aliphatic heterocycles. The maximum Gasteiger partial charge on any atom is 0.225 e. The molecule has 1 aromatic heterocycles. The highest BCUT2D eigenvalue weighted by molar-refractivity contribution is 5.35. The Hall–Kier alpha value is -1.16. The average Bonchev–Trinajstić information content (AvgIpc) is 2.93. The maximum absolute atomic E-state index is 4.40. The van der Waals surface area contributed by atoms with E-state index in [0.29, 0.717) is 6.04 Å². The van der Waals surface area contributed by atoms with E-state index in [9.17, 15) is 0 Å². The first-order valence-electron chi connectivity index (χ1n) is 7.03. The topological polar surface area (TPSA) is 32.3 Å². The van der Waals surface area contributed by atoms with Gasteiger partial charge < -0.3 is 4.90 Å². The van der Waals surface area contributed by atoms with Crippen molar-refractivity contribution in [2.75, 3.05) is 24.5 Å². The monoisotopic (exact) mass is 246 g/mol. The first kappa shape index (κ1) is 11.9. The molecule has 0 radical (unpaired) electrons. The standard InChI is InChI=1S/C14H22N4/c1-11(2)10-17-8-4-13-12(17)5-9-18(13)14-15-6-3-7-16-14/h3,6-7,11-13H,4-5,8-10H2,1-2H3/t12-,13-/m0/s1. The number of likely N-dealkylation sites (tertiary alicyclic amines) is 1. The zero-order valence-electron chi connectivity index (χ0n) is 11.3. The van der Waals surface area contributed by atoms with E-state index in [1.54, 1.807) is 0 Å². The molecule has 0 aromatic carbocycles. The fourth-order valence-corrected chi connectivity index (χ4v) is 3.46. The number of nitrogens with zero attached hydrogens (tertiary/aromatic N) is 4. The minimum atomic E-state index is 0.631. The van der Waals surface area contributed by atoms with Crippen LogP contribution in [0.15, 0.2) is 18.5 Å². The van der Waals surface area contributed by atoms with Crippen molar-refractivity contribution in [3.05, 3.63) is 18.5 Å². The Morgan fingerprint density at radius 1 is 1.17 bits per heavy atom. The minimum Gasteiger partial charge on any atom is -0.336 e. The molecule has 2 saturated heterocycles. The third-order valence-electron chi connectivity index (χ3n) is 4.10. The van der Waals surface area contributed by atoms with Gasteiger partial charge in [-0.2, -0.15) is 0 Å². The molecule has 2 fully saturated rings. The summed E-state index contributed by atoms with van der Waals surface area (Å²) in [4.78, 5) is 13.9. The lowest BCUT2D eigenvalue weighted by Gasteiger charge is -2.26. The van der Waals surface area contributed by atoms with Gasteiger partial charge in [-0.15, -0.1) is 0 Å². The maximum atomic E-state index is 4.40. The fraction of sp³-hybridized carbons (Fsp3) is 0.714. The van der Waals surface area contributed by atoms with Crippen LogP contribution in [0.3, 0.4) is 0 Å². The summed E-state index contributed by atoms with van der Waals surface area (Å²) >= 11 is 0. The molecule has 0 saturated carbocycles. The largest absolute Gasteiger partial charge is 0.336 e. The third kappa shape index (κ3) is 2.09. The van der Waals surface area contributed by atoms with E-state index in [1.807, 2.05) is 18.5 Å². The summed E-state index contributed by atoms with van der Waals surface area (Å²) in [5.74, 6) is 1.67. The fourth-order valence-electron chi connectivity index (χ4n) is 3.46. The molecule has 4 nitrogen and oxygen atoms in total. The molecule has 2 atom stereocenters. The molecule has 0 aliphatic carbocycles. The summed E-state index contributed by atoms with van der Waals surface area (Å²) in [6.07, 6.45) is 6.21. The smallest absolute Gasteiger partial charge is 0.225 e. The normalized spacial score (nSPS) is 28.1. The quantitative estimate of drug-likeness (QED) is 0.814. The van der Waals surface area contributed by atoms with Crippen LogP contribution >= 0.6 is 0 Å². The minimum absolute atomic E-state index is 0.631. The average molecular weight is 246 g/mol. The van der Waals surface area contributed by atoms with Crippen LogP contribution in [0.5, 0.6) is 0 Å².